The highest BCUT2D eigenvalue weighted by Crippen LogP contribution is 2.26. The van der Waals surface area contributed by atoms with Crippen LogP contribution in [-0.2, 0) is 11.3 Å². The van der Waals surface area contributed by atoms with Gasteiger partial charge in [-0.15, -0.1) is 0 Å². The normalized spacial score (nSPS) is 18.4. The molecule has 1 amide bonds. The molecular weight excluding hydrogens is 354 g/mol. The van der Waals surface area contributed by atoms with Crippen molar-refractivity contribution >= 4 is 16.8 Å². The monoisotopic (exact) mass is 379 g/mol. The molecule has 1 aliphatic rings. The number of carbonyl (C=O) groups excluding carboxylic acids is 1. The summed E-state index contributed by atoms with van der Waals surface area (Å²) in [5, 5.41) is 0.597. The average molecular weight is 379 g/mol. The van der Waals surface area contributed by atoms with Crippen molar-refractivity contribution in [3.63, 3.8) is 0 Å². The van der Waals surface area contributed by atoms with Crippen LogP contribution < -0.4 is 5.56 Å². The molecule has 1 aliphatic heterocycles. The molecule has 3 heterocycles. The molecule has 1 fully saturated rings. The summed E-state index contributed by atoms with van der Waals surface area (Å²) in [6, 6.07) is 7.36. The van der Waals surface area contributed by atoms with Gasteiger partial charge < -0.3 is 14.5 Å². The van der Waals surface area contributed by atoms with Gasteiger partial charge in [0.2, 0.25) is 5.91 Å². The number of nitrogens with one attached hydrogen (secondary N) is 1. The minimum atomic E-state index is -0.129. The first-order valence-electron chi connectivity index (χ1n) is 9.78. The fourth-order valence-electron chi connectivity index (χ4n) is 3.98. The first kappa shape index (κ1) is 18.4. The van der Waals surface area contributed by atoms with Gasteiger partial charge in [-0.3, -0.25) is 9.59 Å². The molecule has 7 heteroatoms. The van der Waals surface area contributed by atoms with E-state index in [1.165, 1.54) is 0 Å². The molecule has 1 aromatic carbocycles. The average Bonchev–Trinajstić information content (AvgIpc) is 3.12. The van der Waals surface area contributed by atoms with Crippen molar-refractivity contribution in [2.45, 2.75) is 39.2 Å². The Labute approximate surface area is 163 Å². The first-order chi connectivity index (χ1) is 13.5. The van der Waals surface area contributed by atoms with E-state index >= 15 is 0 Å². The van der Waals surface area contributed by atoms with E-state index in [1.807, 2.05) is 47.7 Å². The maximum absolute atomic E-state index is 13.0. The quantitative estimate of drug-likeness (QED) is 0.755. The Kier molecular flexibility index (Phi) is 4.98. The highest BCUT2D eigenvalue weighted by molar-refractivity contribution is 5.79. The van der Waals surface area contributed by atoms with Crippen LogP contribution in [0, 0.1) is 12.8 Å². The largest absolute Gasteiger partial charge is 0.342 e. The number of aryl methyl sites for hydroxylation is 1. The third-order valence-corrected chi connectivity index (χ3v) is 5.57. The van der Waals surface area contributed by atoms with E-state index in [0.29, 0.717) is 29.8 Å². The van der Waals surface area contributed by atoms with E-state index < -0.39 is 0 Å². The van der Waals surface area contributed by atoms with Crippen molar-refractivity contribution in [3.8, 4) is 0 Å². The minimum absolute atomic E-state index is 0.0530. The van der Waals surface area contributed by atoms with Gasteiger partial charge in [0.15, 0.2) is 0 Å². The summed E-state index contributed by atoms with van der Waals surface area (Å²) in [6.07, 6.45) is 5.48. The molecule has 0 bridgehead atoms. The lowest BCUT2D eigenvalue weighted by molar-refractivity contribution is -0.136. The van der Waals surface area contributed by atoms with Gasteiger partial charge in [0.25, 0.3) is 5.56 Å². The SMILES string of the molecule is Cc1nccn1C[C@@H](C)C(=O)N1CCC[C@@H](c2nc3ccccc3c(=O)[nH]2)C1. The summed E-state index contributed by atoms with van der Waals surface area (Å²) >= 11 is 0. The van der Waals surface area contributed by atoms with Crippen molar-refractivity contribution < 1.29 is 4.79 Å². The predicted octanol–water partition coefficient (Wildman–Crippen LogP) is 2.47. The number of carbonyl (C=O) groups is 1. The van der Waals surface area contributed by atoms with Crippen LogP contribution in [0.2, 0.25) is 0 Å². The summed E-state index contributed by atoms with van der Waals surface area (Å²) in [4.78, 5) is 39.1. The second-order valence-corrected chi connectivity index (χ2v) is 7.62. The number of para-hydroxylation sites is 1. The maximum atomic E-state index is 13.0. The molecule has 7 nitrogen and oxygen atoms in total. The number of H-pyrrole nitrogens is 1. The summed E-state index contributed by atoms with van der Waals surface area (Å²) < 4.78 is 2.01. The zero-order valence-electron chi connectivity index (χ0n) is 16.3. The van der Waals surface area contributed by atoms with Gasteiger partial charge in [-0.1, -0.05) is 19.1 Å². The molecule has 2 atom stereocenters. The fourth-order valence-corrected chi connectivity index (χ4v) is 3.98. The van der Waals surface area contributed by atoms with Crippen LogP contribution in [-0.4, -0.2) is 43.4 Å². The number of rotatable bonds is 4. The lowest BCUT2D eigenvalue weighted by Gasteiger charge is -2.34. The molecule has 1 saturated heterocycles. The number of likely N-dealkylation sites (tertiary alicyclic amines) is 1. The Hall–Kier alpha value is -2.96. The molecule has 0 aliphatic carbocycles. The third kappa shape index (κ3) is 3.56. The number of imidazole rings is 1. The number of amides is 1. The lowest BCUT2D eigenvalue weighted by Crippen LogP contribution is -2.43. The molecule has 4 rings (SSSR count). The van der Waals surface area contributed by atoms with Gasteiger partial charge in [0, 0.05) is 37.9 Å². The van der Waals surface area contributed by atoms with Crippen molar-refractivity contribution in [2.24, 2.45) is 5.92 Å². The Bertz CT molecular complexity index is 1050. The molecule has 0 spiro atoms. The van der Waals surface area contributed by atoms with Gasteiger partial charge in [0.05, 0.1) is 16.8 Å². The van der Waals surface area contributed by atoms with Crippen molar-refractivity contribution in [1.29, 1.82) is 0 Å². The number of piperidine rings is 1. The maximum Gasteiger partial charge on any atom is 0.258 e. The zero-order valence-corrected chi connectivity index (χ0v) is 16.3. The zero-order chi connectivity index (χ0) is 19.7. The number of aromatic amines is 1. The van der Waals surface area contributed by atoms with Gasteiger partial charge in [-0.25, -0.2) is 9.97 Å². The summed E-state index contributed by atoms with van der Waals surface area (Å²) in [6.45, 7) is 5.86. The van der Waals surface area contributed by atoms with E-state index in [1.54, 1.807) is 12.3 Å². The molecule has 2 aromatic heterocycles. The molecule has 146 valence electrons. The van der Waals surface area contributed by atoms with Crippen LogP contribution in [0.4, 0.5) is 0 Å². The van der Waals surface area contributed by atoms with E-state index in [9.17, 15) is 9.59 Å². The van der Waals surface area contributed by atoms with Gasteiger partial charge in [0.1, 0.15) is 11.6 Å². The van der Waals surface area contributed by atoms with E-state index in [2.05, 4.69) is 15.0 Å². The van der Waals surface area contributed by atoms with Crippen LogP contribution in [0.15, 0.2) is 41.5 Å². The number of aromatic nitrogens is 4. The smallest absolute Gasteiger partial charge is 0.258 e. The minimum Gasteiger partial charge on any atom is -0.342 e. The van der Waals surface area contributed by atoms with Crippen molar-refractivity contribution in [3.05, 3.63) is 58.7 Å². The Morgan fingerprint density at radius 2 is 2.18 bits per heavy atom. The summed E-state index contributed by atoms with van der Waals surface area (Å²) in [7, 11) is 0. The number of nitrogens with zero attached hydrogens (tertiary/aromatic N) is 4. The van der Waals surface area contributed by atoms with E-state index in [4.69, 9.17) is 0 Å². The van der Waals surface area contributed by atoms with Crippen LogP contribution in [0.25, 0.3) is 10.9 Å². The standard InChI is InChI=1S/C21H25N5O2/c1-14(12-25-11-9-22-15(25)2)21(28)26-10-5-6-16(13-26)19-23-18-8-4-3-7-17(18)20(27)24-19/h3-4,7-9,11,14,16H,5-6,10,12-13H2,1-2H3,(H,23,24,27)/t14-,16-/m1/s1. The van der Waals surface area contributed by atoms with Crippen LogP contribution in [0.3, 0.4) is 0 Å². The van der Waals surface area contributed by atoms with Crippen molar-refractivity contribution in [2.75, 3.05) is 13.1 Å². The Morgan fingerprint density at radius 1 is 1.36 bits per heavy atom. The molecular formula is C21H25N5O2. The molecule has 3 aromatic rings. The van der Waals surface area contributed by atoms with E-state index in [-0.39, 0.29) is 23.3 Å². The number of hydrogen-bond acceptors (Lipinski definition) is 4. The molecule has 0 radical (unpaired) electrons. The van der Waals surface area contributed by atoms with Gasteiger partial charge in [-0.05, 0) is 31.9 Å². The molecule has 28 heavy (non-hydrogen) atoms. The topological polar surface area (TPSA) is 83.9 Å². The molecule has 0 unspecified atom stereocenters. The number of fused-ring (bicyclic) bond motifs is 1. The summed E-state index contributed by atoms with van der Waals surface area (Å²) in [5.41, 5.74) is 0.585. The Morgan fingerprint density at radius 3 is 2.96 bits per heavy atom. The predicted molar refractivity (Wildman–Crippen MR) is 107 cm³/mol. The van der Waals surface area contributed by atoms with Gasteiger partial charge >= 0.3 is 0 Å². The number of hydrogen-bond donors (Lipinski definition) is 1. The van der Waals surface area contributed by atoms with Crippen LogP contribution >= 0.6 is 0 Å². The van der Waals surface area contributed by atoms with Crippen molar-refractivity contribution in [1.82, 2.24) is 24.4 Å². The van der Waals surface area contributed by atoms with E-state index in [0.717, 1.165) is 25.2 Å². The molecule has 0 saturated carbocycles. The number of benzene rings is 1. The van der Waals surface area contributed by atoms with Gasteiger partial charge in [-0.2, -0.15) is 0 Å². The summed E-state index contributed by atoms with van der Waals surface area (Å²) in [5.74, 6) is 1.65. The second kappa shape index (κ2) is 7.58. The highest BCUT2D eigenvalue weighted by Gasteiger charge is 2.29. The fraction of sp³-hybridized carbons (Fsp3) is 0.429. The third-order valence-electron chi connectivity index (χ3n) is 5.57. The Balaban J connectivity index is 1.50. The van der Waals surface area contributed by atoms with Crippen LogP contribution in [0.5, 0.6) is 0 Å². The lowest BCUT2D eigenvalue weighted by atomic mass is 9.95. The molecule has 1 N–H and O–H groups in total. The van der Waals surface area contributed by atoms with Crippen LogP contribution in [0.1, 0.15) is 37.3 Å². The first-order valence-corrected chi connectivity index (χ1v) is 9.78. The highest BCUT2D eigenvalue weighted by atomic mass is 16.2. The second-order valence-electron chi connectivity index (χ2n) is 7.62.